The van der Waals surface area contributed by atoms with Crippen LogP contribution in [0, 0.1) is 6.92 Å². The second kappa shape index (κ2) is 4.56. The lowest BCUT2D eigenvalue weighted by Crippen LogP contribution is -2.10. The first-order valence-electron chi connectivity index (χ1n) is 5.72. The maximum absolute atomic E-state index is 11.9. The standard InChI is InChI=1S/C13H17NO/c1-10-7-8-11(9-14-10)12-5-3-2-4-6-13(12)15/h7-9,12H,2-6H2,1H3. The van der Waals surface area contributed by atoms with Crippen molar-refractivity contribution in [1.82, 2.24) is 4.98 Å². The Morgan fingerprint density at radius 1 is 1.27 bits per heavy atom. The van der Waals surface area contributed by atoms with Gasteiger partial charge in [0.1, 0.15) is 5.78 Å². The zero-order valence-electron chi connectivity index (χ0n) is 9.20. The Morgan fingerprint density at radius 3 is 2.87 bits per heavy atom. The molecule has 0 saturated heterocycles. The number of nitrogens with zero attached hydrogens (tertiary/aromatic N) is 1. The molecule has 1 aliphatic carbocycles. The van der Waals surface area contributed by atoms with E-state index >= 15 is 0 Å². The van der Waals surface area contributed by atoms with Crippen molar-refractivity contribution in [3.05, 3.63) is 29.6 Å². The van der Waals surface area contributed by atoms with Gasteiger partial charge in [0.05, 0.1) is 0 Å². The molecule has 0 N–H and O–H groups in total. The van der Waals surface area contributed by atoms with E-state index in [9.17, 15) is 4.79 Å². The first-order valence-corrected chi connectivity index (χ1v) is 5.72. The van der Waals surface area contributed by atoms with Crippen LogP contribution < -0.4 is 0 Å². The molecule has 1 heterocycles. The van der Waals surface area contributed by atoms with Crippen LogP contribution in [0.3, 0.4) is 0 Å². The smallest absolute Gasteiger partial charge is 0.140 e. The zero-order chi connectivity index (χ0) is 10.7. The SMILES string of the molecule is Cc1ccc(C2CCCCCC2=O)cn1. The summed E-state index contributed by atoms with van der Waals surface area (Å²) in [5.74, 6) is 0.513. The van der Waals surface area contributed by atoms with Crippen molar-refractivity contribution in [1.29, 1.82) is 0 Å². The third-order valence-electron chi connectivity index (χ3n) is 3.14. The number of Topliss-reactive ketones (excluding diaryl/α,β-unsaturated/α-hetero) is 1. The minimum absolute atomic E-state index is 0.112. The fourth-order valence-corrected chi connectivity index (χ4v) is 2.20. The third kappa shape index (κ3) is 2.44. The van der Waals surface area contributed by atoms with Crippen LogP contribution in [0.25, 0.3) is 0 Å². The highest BCUT2D eigenvalue weighted by Gasteiger charge is 2.22. The number of carbonyl (C=O) groups is 1. The van der Waals surface area contributed by atoms with Crippen molar-refractivity contribution < 1.29 is 4.79 Å². The average Bonchev–Trinajstić information content (AvgIpc) is 2.44. The molecule has 0 bridgehead atoms. The molecule has 2 nitrogen and oxygen atoms in total. The molecular formula is C13H17NO. The number of rotatable bonds is 1. The van der Waals surface area contributed by atoms with Crippen molar-refractivity contribution in [3.8, 4) is 0 Å². The number of aryl methyl sites for hydroxylation is 1. The van der Waals surface area contributed by atoms with Gasteiger partial charge in [-0.2, -0.15) is 0 Å². The molecule has 0 radical (unpaired) electrons. The minimum Gasteiger partial charge on any atom is -0.299 e. The van der Waals surface area contributed by atoms with Crippen molar-refractivity contribution >= 4 is 5.78 Å². The minimum atomic E-state index is 0.112. The molecule has 15 heavy (non-hydrogen) atoms. The molecule has 1 aromatic heterocycles. The van der Waals surface area contributed by atoms with Crippen molar-refractivity contribution in [2.75, 3.05) is 0 Å². The van der Waals surface area contributed by atoms with E-state index in [1.807, 2.05) is 19.2 Å². The average molecular weight is 203 g/mol. The molecular weight excluding hydrogens is 186 g/mol. The van der Waals surface area contributed by atoms with Gasteiger partial charge in [-0.25, -0.2) is 0 Å². The summed E-state index contributed by atoms with van der Waals surface area (Å²) in [6.45, 7) is 1.97. The van der Waals surface area contributed by atoms with E-state index in [2.05, 4.69) is 11.1 Å². The van der Waals surface area contributed by atoms with Crippen LogP contribution >= 0.6 is 0 Å². The van der Waals surface area contributed by atoms with Crippen LogP contribution in [-0.2, 0) is 4.79 Å². The van der Waals surface area contributed by atoms with E-state index in [4.69, 9.17) is 0 Å². The third-order valence-corrected chi connectivity index (χ3v) is 3.14. The van der Waals surface area contributed by atoms with Gasteiger partial charge in [-0.05, 0) is 31.4 Å². The number of hydrogen-bond acceptors (Lipinski definition) is 2. The summed E-state index contributed by atoms with van der Waals surface area (Å²) < 4.78 is 0. The summed E-state index contributed by atoms with van der Waals surface area (Å²) in [7, 11) is 0. The summed E-state index contributed by atoms with van der Waals surface area (Å²) in [5.41, 5.74) is 2.12. The van der Waals surface area contributed by atoms with Gasteiger partial charge in [0, 0.05) is 24.2 Å². The van der Waals surface area contributed by atoms with Crippen molar-refractivity contribution in [2.24, 2.45) is 0 Å². The highest BCUT2D eigenvalue weighted by molar-refractivity contribution is 5.85. The lowest BCUT2D eigenvalue weighted by atomic mass is 9.92. The van der Waals surface area contributed by atoms with E-state index in [-0.39, 0.29) is 5.92 Å². The summed E-state index contributed by atoms with van der Waals surface area (Å²) in [6.07, 6.45) is 7.05. The fourth-order valence-electron chi connectivity index (χ4n) is 2.20. The van der Waals surface area contributed by atoms with Gasteiger partial charge < -0.3 is 0 Å². The second-order valence-electron chi connectivity index (χ2n) is 4.35. The monoisotopic (exact) mass is 203 g/mol. The molecule has 0 amide bonds. The van der Waals surface area contributed by atoms with E-state index in [1.165, 1.54) is 12.8 Å². The summed E-state index contributed by atoms with van der Waals surface area (Å²) in [4.78, 5) is 16.1. The Labute approximate surface area is 90.7 Å². The molecule has 0 spiro atoms. The first-order chi connectivity index (χ1) is 7.27. The maximum atomic E-state index is 11.9. The van der Waals surface area contributed by atoms with Gasteiger partial charge in [0.25, 0.3) is 0 Å². The Morgan fingerprint density at radius 2 is 2.13 bits per heavy atom. The van der Waals surface area contributed by atoms with Crippen LogP contribution in [0.5, 0.6) is 0 Å². The second-order valence-corrected chi connectivity index (χ2v) is 4.35. The summed E-state index contributed by atoms with van der Waals surface area (Å²) >= 11 is 0. The van der Waals surface area contributed by atoms with Crippen LogP contribution in [0.4, 0.5) is 0 Å². The summed E-state index contributed by atoms with van der Waals surface area (Å²) in [5, 5.41) is 0. The normalized spacial score (nSPS) is 22.5. The van der Waals surface area contributed by atoms with Crippen molar-refractivity contribution in [3.63, 3.8) is 0 Å². The lowest BCUT2D eigenvalue weighted by Gasteiger charge is -2.12. The predicted octanol–water partition coefficient (Wildman–Crippen LogP) is 3.01. The number of pyridine rings is 1. The molecule has 2 heteroatoms. The maximum Gasteiger partial charge on any atom is 0.140 e. The van der Waals surface area contributed by atoms with Gasteiger partial charge in [-0.1, -0.05) is 18.9 Å². The predicted molar refractivity (Wildman–Crippen MR) is 59.8 cm³/mol. The zero-order valence-corrected chi connectivity index (χ0v) is 9.20. The molecule has 1 unspecified atom stereocenters. The Bertz CT molecular complexity index is 342. The number of hydrogen-bond donors (Lipinski definition) is 0. The van der Waals surface area contributed by atoms with Gasteiger partial charge in [0.2, 0.25) is 0 Å². The van der Waals surface area contributed by atoms with Crippen molar-refractivity contribution in [2.45, 2.75) is 44.9 Å². The molecule has 0 aromatic carbocycles. The topological polar surface area (TPSA) is 30.0 Å². The quantitative estimate of drug-likeness (QED) is 0.657. The first kappa shape index (κ1) is 10.3. The molecule has 1 atom stereocenters. The van der Waals surface area contributed by atoms with Gasteiger partial charge in [0.15, 0.2) is 0 Å². The Hall–Kier alpha value is -1.18. The molecule has 80 valence electrons. The summed E-state index contributed by atoms with van der Waals surface area (Å²) in [6, 6.07) is 4.05. The Kier molecular flexibility index (Phi) is 3.14. The van der Waals surface area contributed by atoms with Crippen LogP contribution in [-0.4, -0.2) is 10.8 Å². The molecule has 1 fully saturated rings. The van der Waals surface area contributed by atoms with Crippen LogP contribution in [0.15, 0.2) is 18.3 Å². The fraction of sp³-hybridized carbons (Fsp3) is 0.538. The van der Waals surface area contributed by atoms with Gasteiger partial charge >= 0.3 is 0 Å². The van der Waals surface area contributed by atoms with E-state index in [1.54, 1.807) is 0 Å². The number of aromatic nitrogens is 1. The highest BCUT2D eigenvalue weighted by atomic mass is 16.1. The molecule has 0 aliphatic heterocycles. The highest BCUT2D eigenvalue weighted by Crippen LogP contribution is 2.28. The Balaban J connectivity index is 2.20. The largest absolute Gasteiger partial charge is 0.299 e. The lowest BCUT2D eigenvalue weighted by molar-refractivity contribution is -0.120. The van der Waals surface area contributed by atoms with Gasteiger partial charge in [-0.3, -0.25) is 9.78 Å². The molecule has 2 rings (SSSR count). The van der Waals surface area contributed by atoms with E-state index in [0.29, 0.717) is 5.78 Å². The van der Waals surface area contributed by atoms with Gasteiger partial charge in [-0.15, -0.1) is 0 Å². The van der Waals surface area contributed by atoms with Crippen LogP contribution in [0.1, 0.15) is 49.3 Å². The molecule has 1 aliphatic rings. The number of ketones is 1. The van der Waals surface area contributed by atoms with E-state index < -0.39 is 0 Å². The molecule has 1 aromatic rings. The van der Waals surface area contributed by atoms with E-state index in [0.717, 1.165) is 30.5 Å². The molecule has 1 saturated carbocycles. The number of carbonyl (C=O) groups excluding carboxylic acids is 1. The van der Waals surface area contributed by atoms with Crippen LogP contribution in [0.2, 0.25) is 0 Å².